The molecular formula is C26H30N2O2S. The Kier molecular flexibility index (Phi) is 7.05. The van der Waals surface area contributed by atoms with E-state index in [9.17, 15) is 4.79 Å². The van der Waals surface area contributed by atoms with Gasteiger partial charge in [0.1, 0.15) is 11.5 Å². The van der Waals surface area contributed by atoms with Crippen molar-refractivity contribution in [3.63, 3.8) is 0 Å². The molecule has 2 heterocycles. The van der Waals surface area contributed by atoms with E-state index in [1.54, 1.807) is 11.3 Å². The van der Waals surface area contributed by atoms with Crippen LogP contribution in [0.4, 0.5) is 5.69 Å². The Labute approximate surface area is 188 Å². The summed E-state index contributed by atoms with van der Waals surface area (Å²) < 4.78 is 6.09. The van der Waals surface area contributed by atoms with E-state index in [0.717, 1.165) is 49.7 Å². The second kappa shape index (κ2) is 10.1. The summed E-state index contributed by atoms with van der Waals surface area (Å²) in [6, 6.07) is 20.4. The molecule has 31 heavy (non-hydrogen) atoms. The van der Waals surface area contributed by atoms with Crippen molar-refractivity contribution >= 4 is 22.9 Å². The first-order valence-electron chi connectivity index (χ1n) is 11.0. The largest absolute Gasteiger partial charge is 0.456 e. The van der Waals surface area contributed by atoms with E-state index >= 15 is 0 Å². The number of benzene rings is 2. The summed E-state index contributed by atoms with van der Waals surface area (Å²) in [6.45, 7) is 6.89. The average Bonchev–Trinajstić information content (AvgIpc) is 3.21. The van der Waals surface area contributed by atoms with Crippen molar-refractivity contribution in [1.82, 2.24) is 4.90 Å². The molecule has 2 aromatic carbocycles. The maximum atomic E-state index is 12.0. The zero-order valence-electron chi connectivity index (χ0n) is 18.2. The number of amides is 1. The Morgan fingerprint density at radius 3 is 2.61 bits per heavy atom. The van der Waals surface area contributed by atoms with Crippen LogP contribution in [0.2, 0.25) is 0 Å². The highest BCUT2D eigenvalue weighted by Crippen LogP contribution is 2.34. The zero-order chi connectivity index (χ0) is 21.6. The van der Waals surface area contributed by atoms with Gasteiger partial charge in [-0.15, -0.1) is 11.3 Å². The van der Waals surface area contributed by atoms with Gasteiger partial charge in [0.15, 0.2) is 0 Å². The number of likely N-dealkylation sites (tertiary alicyclic amines) is 1. The average molecular weight is 435 g/mol. The monoisotopic (exact) mass is 434 g/mol. The van der Waals surface area contributed by atoms with Crippen LogP contribution in [0.1, 0.15) is 43.0 Å². The van der Waals surface area contributed by atoms with Gasteiger partial charge in [0, 0.05) is 18.2 Å². The summed E-state index contributed by atoms with van der Waals surface area (Å²) in [5.41, 5.74) is 2.23. The fraction of sp³-hybridized carbons (Fsp3) is 0.346. The Morgan fingerprint density at radius 2 is 1.87 bits per heavy atom. The highest BCUT2D eigenvalue weighted by atomic mass is 32.1. The van der Waals surface area contributed by atoms with Crippen LogP contribution in [0.5, 0.6) is 11.5 Å². The molecule has 0 radical (unpaired) electrons. The van der Waals surface area contributed by atoms with Gasteiger partial charge in [-0.2, -0.15) is 0 Å². The molecule has 1 amide bonds. The van der Waals surface area contributed by atoms with Gasteiger partial charge >= 0.3 is 0 Å². The molecule has 4 nitrogen and oxygen atoms in total. The van der Waals surface area contributed by atoms with Crippen molar-refractivity contribution in [2.45, 2.75) is 39.2 Å². The molecule has 1 N–H and O–H groups in total. The number of carbonyl (C=O) groups excluding carboxylic acids is 1. The molecule has 3 aromatic rings. The minimum Gasteiger partial charge on any atom is -0.456 e. The van der Waals surface area contributed by atoms with Crippen LogP contribution in [-0.2, 0) is 11.3 Å². The zero-order valence-corrected chi connectivity index (χ0v) is 19.0. The fourth-order valence-corrected chi connectivity index (χ4v) is 4.77. The third-order valence-corrected chi connectivity index (χ3v) is 6.67. The Morgan fingerprint density at radius 1 is 1.10 bits per heavy atom. The Balaban J connectivity index is 1.33. The third kappa shape index (κ3) is 5.75. The number of hydrogen-bond donors (Lipinski definition) is 1. The molecule has 0 unspecified atom stereocenters. The third-order valence-electron chi connectivity index (χ3n) is 5.78. The minimum atomic E-state index is -0.0140. The van der Waals surface area contributed by atoms with Crippen LogP contribution in [-0.4, -0.2) is 23.9 Å². The summed E-state index contributed by atoms with van der Waals surface area (Å²) >= 11 is 1.76. The standard InChI is InChI=1S/C26H30N2O2S/c1-19(2)26(29)27-22-8-6-7-21(17-22)20-11-14-28(15-12-20)18-25-24(13-16-31-25)30-23-9-4-3-5-10-23/h3-10,13,16-17,19-20H,11-12,14-15,18H2,1-2H3,(H,27,29). The Hall–Kier alpha value is -2.63. The lowest BCUT2D eigenvalue weighted by atomic mass is 9.89. The molecule has 1 aromatic heterocycles. The topological polar surface area (TPSA) is 41.6 Å². The predicted octanol–water partition coefficient (Wildman–Crippen LogP) is 6.51. The maximum Gasteiger partial charge on any atom is 0.226 e. The molecule has 1 fully saturated rings. The number of carbonyl (C=O) groups is 1. The van der Waals surface area contributed by atoms with Crippen LogP contribution >= 0.6 is 11.3 Å². The van der Waals surface area contributed by atoms with Gasteiger partial charge in [-0.3, -0.25) is 9.69 Å². The SMILES string of the molecule is CC(C)C(=O)Nc1cccc(C2CCN(Cc3sccc3Oc3ccccc3)CC2)c1. The fourth-order valence-electron chi connectivity index (χ4n) is 3.94. The summed E-state index contributed by atoms with van der Waals surface area (Å²) in [5, 5.41) is 5.13. The van der Waals surface area contributed by atoms with Gasteiger partial charge in [-0.05, 0) is 73.1 Å². The second-order valence-electron chi connectivity index (χ2n) is 8.44. The van der Waals surface area contributed by atoms with E-state index in [1.807, 2.05) is 50.2 Å². The van der Waals surface area contributed by atoms with Crippen molar-refractivity contribution in [2.24, 2.45) is 5.92 Å². The number of ether oxygens (including phenoxy) is 1. The molecule has 1 aliphatic heterocycles. The van der Waals surface area contributed by atoms with E-state index in [0.29, 0.717) is 5.92 Å². The van der Waals surface area contributed by atoms with E-state index in [-0.39, 0.29) is 11.8 Å². The van der Waals surface area contributed by atoms with Crippen LogP contribution in [0.3, 0.4) is 0 Å². The number of para-hydroxylation sites is 1. The van der Waals surface area contributed by atoms with E-state index in [2.05, 4.69) is 39.9 Å². The number of rotatable bonds is 7. The van der Waals surface area contributed by atoms with Crippen molar-refractivity contribution in [3.05, 3.63) is 76.5 Å². The van der Waals surface area contributed by atoms with Gasteiger partial charge in [0.2, 0.25) is 5.91 Å². The van der Waals surface area contributed by atoms with Crippen LogP contribution in [0.15, 0.2) is 66.0 Å². The van der Waals surface area contributed by atoms with E-state index in [4.69, 9.17) is 4.74 Å². The van der Waals surface area contributed by atoms with Crippen molar-refractivity contribution < 1.29 is 9.53 Å². The van der Waals surface area contributed by atoms with Crippen LogP contribution < -0.4 is 10.1 Å². The van der Waals surface area contributed by atoms with Crippen molar-refractivity contribution in [3.8, 4) is 11.5 Å². The van der Waals surface area contributed by atoms with Gasteiger partial charge in [-0.1, -0.05) is 44.2 Å². The lowest BCUT2D eigenvalue weighted by Gasteiger charge is -2.32. The lowest BCUT2D eigenvalue weighted by Crippen LogP contribution is -2.32. The predicted molar refractivity (Wildman–Crippen MR) is 128 cm³/mol. The first kappa shape index (κ1) is 21.6. The number of anilines is 1. The summed E-state index contributed by atoms with van der Waals surface area (Å²) in [7, 11) is 0. The second-order valence-corrected chi connectivity index (χ2v) is 9.44. The highest BCUT2D eigenvalue weighted by Gasteiger charge is 2.22. The van der Waals surface area contributed by atoms with Crippen LogP contribution in [0, 0.1) is 5.92 Å². The number of nitrogens with zero attached hydrogens (tertiary/aromatic N) is 1. The molecule has 0 aliphatic carbocycles. The smallest absolute Gasteiger partial charge is 0.226 e. The van der Waals surface area contributed by atoms with Gasteiger partial charge in [-0.25, -0.2) is 0 Å². The molecule has 4 rings (SSSR count). The number of nitrogens with one attached hydrogen (secondary N) is 1. The lowest BCUT2D eigenvalue weighted by molar-refractivity contribution is -0.118. The molecule has 0 atom stereocenters. The number of thiophene rings is 1. The molecule has 1 aliphatic rings. The summed E-state index contributed by atoms with van der Waals surface area (Å²) in [5.74, 6) is 2.43. The highest BCUT2D eigenvalue weighted by molar-refractivity contribution is 7.10. The molecule has 0 saturated carbocycles. The first-order valence-corrected chi connectivity index (χ1v) is 11.9. The quantitative estimate of drug-likeness (QED) is 0.460. The number of piperidine rings is 1. The van der Waals surface area contributed by atoms with Gasteiger partial charge in [0.05, 0.1) is 4.88 Å². The maximum absolute atomic E-state index is 12.0. The van der Waals surface area contributed by atoms with Gasteiger partial charge in [0.25, 0.3) is 0 Å². The van der Waals surface area contributed by atoms with Gasteiger partial charge < -0.3 is 10.1 Å². The normalized spacial score (nSPS) is 15.2. The molecule has 1 saturated heterocycles. The molecule has 0 bridgehead atoms. The summed E-state index contributed by atoms with van der Waals surface area (Å²) in [6.07, 6.45) is 2.25. The van der Waals surface area contributed by atoms with Crippen LogP contribution in [0.25, 0.3) is 0 Å². The first-order chi connectivity index (χ1) is 15.1. The van der Waals surface area contributed by atoms with E-state index < -0.39 is 0 Å². The minimum absolute atomic E-state index is 0.0140. The molecule has 0 spiro atoms. The molecule has 162 valence electrons. The molecular weight excluding hydrogens is 404 g/mol. The Bertz CT molecular complexity index is 991. The van der Waals surface area contributed by atoms with Crippen molar-refractivity contribution in [2.75, 3.05) is 18.4 Å². The van der Waals surface area contributed by atoms with Crippen molar-refractivity contribution in [1.29, 1.82) is 0 Å². The summed E-state index contributed by atoms with van der Waals surface area (Å²) in [4.78, 5) is 15.8. The molecule has 5 heteroatoms. The van der Waals surface area contributed by atoms with E-state index in [1.165, 1.54) is 10.4 Å². The number of hydrogen-bond acceptors (Lipinski definition) is 4.